The molecule has 2 aromatic rings. The topological polar surface area (TPSA) is 90.9 Å². The van der Waals surface area contributed by atoms with Gasteiger partial charge in [0, 0.05) is 16.9 Å². The molecule has 3 rings (SSSR count). The van der Waals surface area contributed by atoms with Gasteiger partial charge in [0.05, 0.1) is 10.8 Å². The number of carbonyl (C=O) groups excluding carboxylic acids is 3. The zero-order valence-electron chi connectivity index (χ0n) is 18.6. The maximum absolute atomic E-state index is 12.6. The number of Topliss-reactive ketones (excluding diaryl/α,β-unsaturated/α-hetero) is 1. The van der Waals surface area contributed by atoms with Crippen LogP contribution in [0.15, 0.2) is 47.4 Å². The van der Waals surface area contributed by atoms with Crippen molar-refractivity contribution in [2.75, 3.05) is 13.4 Å². The fraction of sp³-hybridized carbons (Fsp3) is 0.375. The van der Waals surface area contributed by atoms with Crippen LogP contribution in [0.3, 0.4) is 0 Å². The minimum Gasteiger partial charge on any atom is -0.454 e. The van der Waals surface area contributed by atoms with Crippen LogP contribution in [0.25, 0.3) is 0 Å². The summed E-state index contributed by atoms with van der Waals surface area (Å²) in [6.07, 6.45) is 0. The summed E-state index contributed by atoms with van der Waals surface area (Å²) < 4.78 is 15.9. The summed E-state index contributed by atoms with van der Waals surface area (Å²) in [6, 6.07) is 12.4. The smallest absolute Gasteiger partial charge is 0.339 e. The molecule has 1 N–H and O–H groups in total. The molecular formula is C24H27NO6S. The summed E-state index contributed by atoms with van der Waals surface area (Å²) in [5, 5.41) is 2.45. The summed E-state index contributed by atoms with van der Waals surface area (Å²) in [7, 11) is 0. The Bertz CT molecular complexity index is 1010. The molecule has 32 heavy (non-hydrogen) atoms. The Balaban J connectivity index is 1.57. The molecule has 0 aliphatic carbocycles. The maximum atomic E-state index is 12.6. The Morgan fingerprint density at radius 2 is 1.81 bits per heavy atom. The fourth-order valence-corrected chi connectivity index (χ4v) is 3.80. The number of hydrogen-bond donors (Lipinski definition) is 1. The molecule has 1 aliphatic rings. The normalized spacial score (nSPS) is 13.4. The predicted octanol–water partition coefficient (Wildman–Crippen LogP) is 3.98. The second-order valence-corrected chi connectivity index (χ2v) is 9.79. The number of hydrogen-bond acceptors (Lipinski definition) is 7. The number of thioether (sulfide) groups is 1. The van der Waals surface area contributed by atoms with Gasteiger partial charge in [-0.2, -0.15) is 0 Å². The second-order valence-electron chi connectivity index (χ2n) is 8.41. The predicted molar refractivity (Wildman–Crippen MR) is 121 cm³/mol. The number of nitrogens with one attached hydrogen (secondary N) is 1. The summed E-state index contributed by atoms with van der Waals surface area (Å²) in [5.74, 6) is 0.443. The molecular weight excluding hydrogens is 430 g/mol. The summed E-state index contributed by atoms with van der Waals surface area (Å²) in [5.41, 5.74) is 0.640. The highest BCUT2D eigenvalue weighted by Crippen LogP contribution is 2.32. The van der Waals surface area contributed by atoms with Crippen molar-refractivity contribution in [1.29, 1.82) is 0 Å². The van der Waals surface area contributed by atoms with Crippen LogP contribution in [0.5, 0.6) is 11.5 Å². The van der Waals surface area contributed by atoms with E-state index in [0.717, 1.165) is 5.56 Å². The van der Waals surface area contributed by atoms with Crippen LogP contribution < -0.4 is 14.8 Å². The lowest BCUT2D eigenvalue weighted by molar-refractivity contribution is -0.129. The minimum absolute atomic E-state index is 0.160. The number of ketones is 1. The van der Waals surface area contributed by atoms with Gasteiger partial charge in [0.2, 0.25) is 12.7 Å². The molecule has 0 saturated carbocycles. The first-order valence-electron chi connectivity index (χ1n) is 10.3. The molecule has 0 spiro atoms. The van der Waals surface area contributed by atoms with E-state index in [1.54, 1.807) is 52.0 Å². The van der Waals surface area contributed by atoms with Crippen molar-refractivity contribution in [3.05, 3.63) is 53.6 Å². The zero-order valence-corrected chi connectivity index (χ0v) is 19.4. The van der Waals surface area contributed by atoms with Gasteiger partial charge in [-0.3, -0.25) is 9.59 Å². The molecule has 0 fully saturated rings. The number of esters is 1. The lowest BCUT2D eigenvalue weighted by Gasteiger charge is -2.17. The van der Waals surface area contributed by atoms with Gasteiger partial charge in [0.15, 0.2) is 23.9 Å². The van der Waals surface area contributed by atoms with Crippen LogP contribution in [0.2, 0.25) is 0 Å². The summed E-state index contributed by atoms with van der Waals surface area (Å²) >= 11 is 1.26. The third-order valence-electron chi connectivity index (χ3n) is 4.85. The first kappa shape index (κ1) is 23.7. The Labute approximate surface area is 191 Å². The van der Waals surface area contributed by atoms with Crippen molar-refractivity contribution >= 4 is 29.4 Å². The molecule has 2 aromatic carbocycles. The molecule has 170 valence electrons. The second kappa shape index (κ2) is 10.1. The highest BCUT2D eigenvalue weighted by Gasteiger charge is 2.24. The van der Waals surface area contributed by atoms with Crippen molar-refractivity contribution in [1.82, 2.24) is 5.32 Å². The first-order valence-corrected chi connectivity index (χ1v) is 11.2. The number of fused-ring (bicyclic) bond motifs is 1. The Kier molecular flexibility index (Phi) is 7.45. The van der Waals surface area contributed by atoms with E-state index in [1.807, 2.05) is 18.2 Å². The van der Waals surface area contributed by atoms with E-state index in [4.69, 9.17) is 14.2 Å². The first-order chi connectivity index (χ1) is 15.1. The summed E-state index contributed by atoms with van der Waals surface area (Å²) in [4.78, 5) is 37.8. The van der Waals surface area contributed by atoms with Crippen molar-refractivity contribution in [3.8, 4) is 11.5 Å². The lowest BCUT2D eigenvalue weighted by Crippen LogP contribution is -2.30. The summed E-state index contributed by atoms with van der Waals surface area (Å²) in [6.45, 7) is 7.35. The van der Waals surface area contributed by atoms with E-state index in [-0.39, 0.29) is 25.1 Å². The SMILES string of the molecule is CC(Sc1ccccc1C(=O)OCC(=O)C(C)(C)C)C(=O)NCc1ccc2c(c1)OCO2. The van der Waals surface area contributed by atoms with E-state index < -0.39 is 16.6 Å². The third kappa shape index (κ3) is 6.03. The van der Waals surface area contributed by atoms with E-state index in [1.165, 1.54) is 11.8 Å². The minimum atomic E-state index is -0.585. The molecule has 0 saturated heterocycles. The highest BCUT2D eigenvalue weighted by molar-refractivity contribution is 8.00. The Morgan fingerprint density at radius 1 is 1.09 bits per heavy atom. The number of benzene rings is 2. The Hall–Kier alpha value is -3.00. The molecule has 0 aromatic heterocycles. The Morgan fingerprint density at radius 3 is 2.56 bits per heavy atom. The van der Waals surface area contributed by atoms with Gasteiger partial charge in [-0.1, -0.05) is 39.0 Å². The van der Waals surface area contributed by atoms with Gasteiger partial charge in [0.1, 0.15) is 0 Å². The number of amides is 1. The van der Waals surface area contributed by atoms with E-state index in [2.05, 4.69) is 5.32 Å². The van der Waals surface area contributed by atoms with E-state index in [0.29, 0.717) is 28.5 Å². The number of ether oxygens (including phenoxy) is 3. The molecule has 1 atom stereocenters. The number of carbonyl (C=O) groups is 3. The fourth-order valence-electron chi connectivity index (χ4n) is 2.79. The standard InChI is InChI=1S/C24H27NO6S/c1-15(22(27)25-12-16-9-10-18-19(11-16)31-14-30-18)32-20-8-6-5-7-17(20)23(28)29-13-21(26)24(2,3)4/h5-11,15H,12-14H2,1-4H3,(H,25,27). The third-order valence-corrected chi connectivity index (χ3v) is 6.03. The van der Waals surface area contributed by atoms with Gasteiger partial charge in [0.25, 0.3) is 0 Å². The molecule has 1 aliphatic heterocycles. The van der Waals surface area contributed by atoms with Crippen molar-refractivity contribution < 1.29 is 28.6 Å². The van der Waals surface area contributed by atoms with Crippen LogP contribution in [-0.2, 0) is 20.9 Å². The molecule has 1 unspecified atom stereocenters. The van der Waals surface area contributed by atoms with Crippen molar-refractivity contribution in [3.63, 3.8) is 0 Å². The quantitative estimate of drug-likeness (QED) is 0.473. The van der Waals surface area contributed by atoms with Crippen LogP contribution >= 0.6 is 11.8 Å². The average Bonchev–Trinajstić information content (AvgIpc) is 3.23. The van der Waals surface area contributed by atoms with E-state index in [9.17, 15) is 14.4 Å². The van der Waals surface area contributed by atoms with Crippen molar-refractivity contribution in [2.45, 2.75) is 44.4 Å². The van der Waals surface area contributed by atoms with Gasteiger partial charge in [-0.15, -0.1) is 11.8 Å². The van der Waals surface area contributed by atoms with Crippen LogP contribution in [0.4, 0.5) is 0 Å². The molecule has 1 amide bonds. The largest absolute Gasteiger partial charge is 0.454 e. The van der Waals surface area contributed by atoms with E-state index >= 15 is 0 Å². The van der Waals surface area contributed by atoms with Gasteiger partial charge in [-0.05, 0) is 36.8 Å². The zero-order chi connectivity index (χ0) is 23.3. The van der Waals surface area contributed by atoms with Crippen LogP contribution in [0, 0.1) is 5.41 Å². The van der Waals surface area contributed by atoms with Crippen molar-refractivity contribution in [2.24, 2.45) is 5.41 Å². The molecule has 1 heterocycles. The maximum Gasteiger partial charge on any atom is 0.339 e. The molecule has 8 heteroatoms. The van der Waals surface area contributed by atoms with Gasteiger partial charge >= 0.3 is 5.97 Å². The van der Waals surface area contributed by atoms with Gasteiger partial charge in [-0.25, -0.2) is 4.79 Å². The monoisotopic (exact) mass is 457 g/mol. The lowest BCUT2D eigenvalue weighted by atomic mass is 9.91. The molecule has 0 bridgehead atoms. The molecule has 7 nitrogen and oxygen atoms in total. The van der Waals surface area contributed by atoms with Crippen LogP contribution in [0.1, 0.15) is 43.6 Å². The van der Waals surface area contributed by atoms with Gasteiger partial charge < -0.3 is 19.5 Å². The highest BCUT2D eigenvalue weighted by atomic mass is 32.2. The van der Waals surface area contributed by atoms with Crippen LogP contribution in [-0.4, -0.2) is 36.3 Å². The molecule has 0 radical (unpaired) electrons. The number of rotatable bonds is 8. The average molecular weight is 458 g/mol.